The molecule has 12 heavy (non-hydrogen) atoms. The van der Waals surface area contributed by atoms with E-state index in [1.54, 1.807) is 0 Å². The molecule has 2 aliphatic heterocycles. The van der Waals surface area contributed by atoms with E-state index >= 15 is 0 Å². The molecule has 2 fully saturated rings. The summed E-state index contributed by atoms with van der Waals surface area (Å²) in [5, 5.41) is 0. The van der Waals surface area contributed by atoms with Crippen LogP contribution in [0.25, 0.3) is 0 Å². The Morgan fingerprint density at radius 3 is 2.50 bits per heavy atom. The van der Waals surface area contributed by atoms with Crippen LogP contribution in [0.4, 0.5) is 0 Å². The average Bonchev–Trinajstić information content (AvgIpc) is 2.62. The molecule has 0 amide bonds. The molecule has 2 nitrogen and oxygen atoms in total. The van der Waals surface area contributed by atoms with Gasteiger partial charge < -0.3 is 10.5 Å². The summed E-state index contributed by atoms with van der Waals surface area (Å²) in [6.07, 6.45) is 4.77. The lowest BCUT2D eigenvalue weighted by atomic mass is 9.80. The highest BCUT2D eigenvalue weighted by Crippen LogP contribution is 2.41. The maximum Gasteiger partial charge on any atom is 0.0623 e. The van der Waals surface area contributed by atoms with E-state index in [1.165, 1.54) is 19.3 Å². The van der Waals surface area contributed by atoms with Crippen molar-refractivity contribution in [1.29, 1.82) is 0 Å². The molecule has 70 valence electrons. The largest absolute Gasteiger partial charge is 0.375 e. The molecule has 2 bridgehead atoms. The van der Waals surface area contributed by atoms with Crippen LogP contribution in [-0.2, 0) is 4.74 Å². The zero-order valence-corrected chi connectivity index (χ0v) is 7.99. The second-order valence-electron chi connectivity index (χ2n) is 4.59. The van der Waals surface area contributed by atoms with Crippen LogP contribution >= 0.6 is 0 Å². The van der Waals surface area contributed by atoms with Gasteiger partial charge in [-0.1, -0.05) is 13.8 Å². The Bertz CT molecular complexity index is 169. The summed E-state index contributed by atoms with van der Waals surface area (Å²) in [5.41, 5.74) is 6.13. The van der Waals surface area contributed by atoms with Crippen LogP contribution in [0.2, 0.25) is 0 Å². The maximum absolute atomic E-state index is 6.13. The van der Waals surface area contributed by atoms with E-state index in [0.29, 0.717) is 30.1 Å². The van der Waals surface area contributed by atoms with Crippen molar-refractivity contribution >= 4 is 0 Å². The molecule has 2 rings (SSSR count). The third-order valence-corrected chi connectivity index (χ3v) is 3.42. The van der Waals surface area contributed by atoms with Crippen molar-refractivity contribution in [3.63, 3.8) is 0 Å². The molecule has 0 radical (unpaired) electrons. The van der Waals surface area contributed by atoms with E-state index in [2.05, 4.69) is 13.8 Å². The Morgan fingerprint density at radius 2 is 2.08 bits per heavy atom. The number of nitrogens with two attached hydrogens (primary N) is 1. The van der Waals surface area contributed by atoms with E-state index in [0.717, 1.165) is 0 Å². The Labute approximate surface area is 74.5 Å². The molecule has 0 spiro atoms. The first-order valence-corrected chi connectivity index (χ1v) is 5.09. The first-order chi connectivity index (χ1) is 5.68. The quantitative estimate of drug-likeness (QED) is 0.680. The number of hydrogen-bond acceptors (Lipinski definition) is 2. The molecular formula is C10H19NO. The third kappa shape index (κ3) is 1.27. The van der Waals surface area contributed by atoms with Crippen LogP contribution in [-0.4, -0.2) is 18.2 Å². The van der Waals surface area contributed by atoms with E-state index in [9.17, 15) is 0 Å². The van der Waals surface area contributed by atoms with Crippen molar-refractivity contribution in [3.05, 3.63) is 0 Å². The monoisotopic (exact) mass is 169 g/mol. The molecule has 2 heterocycles. The molecule has 2 heteroatoms. The summed E-state index contributed by atoms with van der Waals surface area (Å²) < 4.78 is 5.78. The number of rotatable bonds is 2. The van der Waals surface area contributed by atoms with Crippen LogP contribution in [0.5, 0.6) is 0 Å². The van der Waals surface area contributed by atoms with Gasteiger partial charge in [0, 0.05) is 12.0 Å². The van der Waals surface area contributed by atoms with Crippen LogP contribution < -0.4 is 5.73 Å². The van der Waals surface area contributed by atoms with Gasteiger partial charge in [0.25, 0.3) is 0 Å². The summed E-state index contributed by atoms with van der Waals surface area (Å²) in [4.78, 5) is 0. The minimum absolute atomic E-state index is 0.347. The lowest BCUT2D eigenvalue weighted by molar-refractivity contribution is 0.0853. The highest BCUT2D eigenvalue weighted by Gasteiger charge is 2.43. The minimum Gasteiger partial charge on any atom is -0.375 e. The predicted molar refractivity (Wildman–Crippen MR) is 48.8 cm³/mol. The zero-order valence-electron chi connectivity index (χ0n) is 7.99. The van der Waals surface area contributed by atoms with Crippen LogP contribution in [0.1, 0.15) is 33.1 Å². The fourth-order valence-electron chi connectivity index (χ4n) is 2.58. The van der Waals surface area contributed by atoms with E-state index in [-0.39, 0.29) is 0 Å². The molecule has 2 N–H and O–H groups in total. The van der Waals surface area contributed by atoms with Crippen molar-refractivity contribution in [1.82, 2.24) is 0 Å². The smallest absolute Gasteiger partial charge is 0.0623 e. The standard InChI is InChI=1S/C10H19NO/c1-6(2)10(11)8-5-7-3-4-9(8)12-7/h6-10H,3-5,11H2,1-2H3. The predicted octanol–water partition coefficient (Wildman–Crippen LogP) is 1.54. The molecule has 4 atom stereocenters. The number of fused-ring (bicyclic) bond motifs is 2. The lowest BCUT2D eigenvalue weighted by Gasteiger charge is -2.27. The van der Waals surface area contributed by atoms with Gasteiger partial charge >= 0.3 is 0 Å². The summed E-state index contributed by atoms with van der Waals surface area (Å²) in [5.74, 6) is 1.24. The SMILES string of the molecule is CC(C)C(N)C1CC2CCC1O2. The fourth-order valence-corrected chi connectivity index (χ4v) is 2.58. The summed E-state index contributed by atoms with van der Waals surface area (Å²) in [6.45, 7) is 4.41. The molecule has 0 saturated carbocycles. The van der Waals surface area contributed by atoms with Crippen LogP contribution in [0, 0.1) is 11.8 Å². The van der Waals surface area contributed by atoms with Gasteiger partial charge in [0.2, 0.25) is 0 Å². The van der Waals surface area contributed by atoms with Gasteiger partial charge in [-0.2, -0.15) is 0 Å². The summed E-state index contributed by atoms with van der Waals surface area (Å²) in [7, 11) is 0. The van der Waals surface area contributed by atoms with Gasteiger partial charge in [-0.15, -0.1) is 0 Å². The molecule has 0 aromatic heterocycles. The van der Waals surface area contributed by atoms with E-state index < -0.39 is 0 Å². The molecular weight excluding hydrogens is 150 g/mol. The molecule has 4 unspecified atom stereocenters. The van der Waals surface area contributed by atoms with Gasteiger partial charge in [0.05, 0.1) is 12.2 Å². The van der Waals surface area contributed by atoms with E-state index in [4.69, 9.17) is 10.5 Å². The maximum atomic E-state index is 6.13. The first-order valence-electron chi connectivity index (χ1n) is 5.09. The molecule has 0 aliphatic carbocycles. The van der Waals surface area contributed by atoms with Gasteiger partial charge in [-0.05, 0) is 25.2 Å². The van der Waals surface area contributed by atoms with Gasteiger partial charge in [0.15, 0.2) is 0 Å². The van der Waals surface area contributed by atoms with Crippen LogP contribution in [0.15, 0.2) is 0 Å². The molecule has 0 aromatic carbocycles. The second kappa shape index (κ2) is 3.00. The number of ether oxygens (including phenoxy) is 1. The highest BCUT2D eigenvalue weighted by atomic mass is 16.5. The topological polar surface area (TPSA) is 35.2 Å². The normalized spacial score (nSPS) is 42.5. The van der Waals surface area contributed by atoms with Crippen LogP contribution in [0.3, 0.4) is 0 Å². The van der Waals surface area contributed by atoms with Gasteiger partial charge in [-0.25, -0.2) is 0 Å². The summed E-state index contributed by atoms with van der Waals surface area (Å²) >= 11 is 0. The fraction of sp³-hybridized carbons (Fsp3) is 1.00. The Balaban J connectivity index is 1.97. The lowest BCUT2D eigenvalue weighted by Crippen LogP contribution is -2.40. The third-order valence-electron chi connectivity index (χ3n) is 3.42. The van der Waals surface area contributed by atoms with Crippen molar-refractivity contribution in [2.24, 2.45) is 17.6 Å². The summed E-state index contributed by atoms with van der Waals surface area (Å²) in [6, 6.07) is 0.347. The van der Waals surface area contributed by atoms with Gasteiger partial charge in [0.1, 0.15) is 0 Å². The second-order valence-corrected chi connectivity index (χ2v) is 4.59. The molecule has 2 aliphatic rings. The Hall–Kier alpha value is -0.0800. The van der Waals surface area contributed by atoms with Crippen molar-refractivity contribution < 1.29 is 4.74 Å². The highest BCUT2D eigenvalue weighted by molar-refractivity contribution is 4.94. The van der Waals surface area contributed by atoms with Crippen molar-refractivity contribution in [2.75, 3.05) is 0 Å². The minimum atomic E-state index is 0.347. The van der Waals surface area contributed by atoms with Gasteiger partial charge in [-0.3, -0.25) is 0 Å². The Kier molecular flexibility index (Phi) is 2.13. The number of hydrogen-bond donors (Lipinski definition) is 1. The van der Waals surface area contributed by atoms with Crippen molar-refractivity contribution in [3.8, 4) is 0 Å². The Morgan fingerprint density at radius 1 is 1.33 bits per heavy atom. The zero-order chi connectivity index (χ0) is 8.72. The molecule has 2 saturated heterocycles. The van der Waals surface area contributed by atoms with Crippen molar-refractivity contribution in [2.45, 2.75) is 51.4 Å². The first kappa shape index (κ1) is 8.52. The average molecular weight is 169 g/mol. The molecule has 0 aromatic rings. The van der Waals surface area contributed by atoms with E-state index in [1.807, 2.05) is 0 Å².